The summed E-state index contributed by atoms with van der Waals surface area (Å²) in [6.07, 6.45) is 10.9. The summed E-state index contributed by atoms with van der Waals surface area (Å²) in [7, 11) is 1.87. The zero-order valence-corrected chi connectivity index (χ0v) is 59.5. The lowest BCUT2D eigenvalue weighted by atomic mass is 10.00. The number of anilines is 2. The smallest absolute Gasteiger partial charge is 0.315 e. The van der Waals surface area contributed by atoms with Crippen molar-refractivity contribution in [3.63, 3.8) is 0 Å². The third-order valence-electron chi connectivity index (χ3n) is 15.3. The molecule has 0 aliphatic heterocycles. The predicted octanol–water partition coefficient (Wildman–Crippen LogP) is 20.1. The summed E-state index contributed by atoms with van der Waals surface area (Å²) in [5.41, 5.74) is 6.33. The number of benzene rings is 6. The molecule has 17 nitrogen and oxygen atoms in total. The summed E-state index contributed by atoms with van der Waals surface area (Å²) >= 11 is 0. The summed E-state index contributed by atoms with van der Waals surface area (Å²) in [5.74, 6) is -1.57. The monoisotopic (exact) mass is 1400 g/mol. The number of hydrogen-bond donors (Lipinski definition) is 2. The molecular formula is C77H83F8N15O2. The second-order valence-electron chi connectivity index (χ2n) is 24.9. The van der Waals surface area contributed by atoms with Gasteiger partial charge in [0, 0.05) is 62.9 Å². The Morgan fingerprint density at radius 3 is 1.15 bits per heavy atom. The zero-order chi connectivity index (χ0) is 74.3. The summed E-state index contributed by atoms with van der Waals surface area (Å²) in [6, 6.07) is 31.9. The van der Waals surface area contributed by atoms with Gasteiger partial charge in [-0.1, -0.05) is 136 Å². The minimum absolute atomic E-state index is 0.0291. The third-order valence-corrected chi connectivity index (χ3v) is 15.3. The van der Waals surface area contributed by atoms with E-state index in [1.165, 1.54) is 54.6 Å². The molecule has 0 bridgehead atoms. The number of aromatic nitrogens is 13. The molecule has 0 unspecified atom stereocenters. The lowest BCUT2D eigenvalue weighted by molar-refractivity contribution is 0.495. The van der Waals surface area contributed by atoms with Crippen molar-refractivity contribution in [2.45, 2.75) is 132 Å². The third kappa shape index (κ3) is 21.5. The van der Waals surface area contributed by atoms with Crippen LogP contribution in [0.5, 0.6) is 0 Å². The highest BCUT2D eigenvalue weighted by atomic mass is 19.2. The Balaban J connectivity index is 0.000000172. The number of hydrogen-bond acceptors (Lipinski definition) is 16. The molecule has 25 heteroatoms. The van der Waals surface area contributed by atoms with Crippen LogP contribution in [0.1, 0.15) is 166 Å². The molecule has 6 aromatic carbocycles. The van der Waals surface area contributed by atoms with Crippen molar-refractivity contribution in [3.8, 4) is 68.5 Å². The molecule has 12 rings (SSSR count). The Bertz CT molecular complexity index is 4550. The molecule has 0 saturated carbocycles. The molecule has 0 amide bonds. The van der Waals surface area contributed by atoms with Gasteiger partial charge in [0.2, 0.25) is 0 Å². The van der Waals surface area contributed by atoms with E-state index in [2.05, 4.69) is 109 Å². The van der Waals surface area contributed by atoms with Gasteiger partial charge in [0.25, 0.3) is 11.8 Å². The fraction of sp³-hybridized carbons (Fsp3) is 0.299. The van der Waals surface area contributed by atoms with E-state index < -0.39 is 34.9 Å². The molecule has 6 heterocycles. The molecule has 102 heavy (non-hydrogen) atoms. The van der Waals surface area contributed by atoms with Gasteiger partial charge < -0.3 is 19.5 Å². The normalized spacial score (nSPS) is 10.9. The highest BCUT2D eigenvalue weighted by Gasteiger charge is 2.21. The number of halogens is 8. The molecule has 0 radical (unpaired) electrons. The number of nitrogens with zero attached hydrogens (tertiary/aromatic N) is 13. The van der Waals surface area contributed by atoms with E-state index in [1.807, 2.05) is 88.4 Å². The van der Waals surface area contributed by atoms with Crippen molar-refractivity contribution in [2.75, 3.05) is 23.7 Å². The first kappa shape index (κ1) is 78.4. The number of aryl methyl sites for hydroxylation is 1. The summed E-state index contributed by atoms with van der Waals surface area (Å²) in [5, 5.41) is 24.9. The zero-order valence-electron chi connectivity index (χ0n) is 59.5. The molecule has 0 aliphatic rings. The Kier molecular flexibility index (Phi) is 28.8. The Hall–Kier alpha value is -11.0. The van der Waals surface area contributed by atoms with Gasteiger partial charge in [-0.05, 0) is 156 Å². The first-order chi connectivity index (χ1) is 48.7. The van der Waals surface area contributed by atoms with Gasteiger partial charge >= 0.3 is 12.0 Å². The van der Waals surface area contributed by atoms with Gasteiger partial charge in [-0.3, -0.25) is 4.68 Å². The van der Waals surface area contributed by atoms with Gasteiger partial charge in [-0.15, -0.1) is 10.2 Å². The standard InChI is InChI=1S/C13H15F2N3O.2C13H12F2N2.C13H16FN3O.C13H13FN2.C12H15N3/c1-4-16-13-18-17-12(19-13)9-6-10(14)8(7(2)3)5-11(9)15;1-8(2)9-4-5-10(12(15)11(9)14)13-16-6-3-7-17-13;1-8(2)9-6-12(15)10(7-11(9)14)13-16-4-3-5-17-13;1-4-15-13-17-16-12(18-13)10-6-5-9(8(2)3)7-11(10)14;1-9(2)10-4-5-11(12(14)8-10)13-15-6-3-7-16-13;1-9(2)10-4-6-11(7-5-10)12-13-8-15(3)14-12/h5-7H,4H2,1-3H3,(H,16,18);2*3-8H,1-2H3;5-8H,4H2,1-3H3,(H,15,17);3-9H,1-2H3;4-9H,1-3H3. The summed E-state index contributed by atoms with van der Waals surface area (Å²) in [4.78, 5) is 27.9. The van der Waals surface area contributed by atoms with Crippen LogP contribution in [0.2, 0.25) is 0 Å². The SMILES string of the molecule is CC(C)c1cc(F)c(-c2ncccn2)cc1F.CC(C)c1ccc(-c2ncccn2)c(F)c1.CC(C)c1ccc(-c2ncccn2)c(F)c1F.CC(C)c1ccc(-c2ncn(C)n2)cc1.CCNc1nnc(-c2cc(F)c(C(C)C)cc2F)o1.CCNc1nnc(-c2ccc(C(C)C)cc2F)o1. The lowest BCUT2D eigenvalue weighted by Crippen LogP contribution is -2.00. The van der Waals surface area contributed by atoms with Crippen LogP contribution in [0.4, 0.5) is 47.2 Å². The second-order valence-corrected chi connectivity index (χ2v) is 24.9. The Morgan fingerprint density at radius 1 is 0.353 bits per heavy atom. The maximum atomic E-state index is 14.0. The van der Waals surface area contributed by atoms with Crippen molar-refractivity contribution >= 4 is 12.0 Å². The fourth-order valence-corrected chi connectivity index (χ4v) is 9.58. The van der Waals surface area contributed by atoms with Crippen LogP contribution in [0.3, 0.4) is 0 Å². The molecule has 534 valence electrons. The molecule has 0 spiro atoms. The minimum Gasteiger partial charge on any atom is -0.403 e. The Morgan fingerprint density at radius 2 is 0.735 bits per heavy atom. The van der Waals surface area contributed by atoms with E-state index >= 15 is 0 Å². The molecule has 2 N–H and O–H groups in total. The number of nitrogens with one attached hydrogen (secondary N) is 2. The lowest BCUT2D eigenvalue weighted by Gasteiger charge is -2.09. The van der Waals surface area contributed by atoms with Crippen LogP contribution in [-0.4, -0.2) is 78.2 Å². The van der Waals surface area contributed by atoms with E-state index in [4.69, 9.17) is 8.83 Å². The molecular weight excluding hydrogens is 1320 g/mol. The average Bonchev–Trinajstić information content (AvgIpc) is 1.18. The van der Waals surface area contributed by atoms with Gasteiger partial charge in [0.1, 0.15) is 41.2 Å². The van der Waals surface area contributed by atoms with Crippen molar-refractivity contribution in [2.24, 2.45) is 7.05 Å². The topological polar surface area (TPSA) is 210 Å². The molecule has 12 aromatic rings. The first-order valence-electron chi connectivity index (χ1n) is 33.2. The van der Waals surface area contributed by atoms with Crippen LogP contribution < -0.4 is 10.6 Å². The van der Waals surface area contributed by atoms with Crippen LogP contribution in [0.25, 0.3) is 68.5 Å². The largest absolute Gasteiger partial charge is 0.403 e. The summed E-state index contributed by atoms with van der Waals surface area (Å²) in [6.45, 7) is 28.4. The number of rotatable bonds is 16. The van der Waals surface area contributed by atoms with E-state index in [-0.39, 0.29) is 81.4 Å². The van der Waals surface area contributed by atoms with E-state index in [1.54, 1.807) is 79.7 Å². The van der Waals surface area contributed by atoms with E-state index in [0.29, 0.717) is 64.6 Å². The van der Waals surface area contributed by atoms with E-state index in [9.17, 15) is 35.1 Å². The average molecular weight is 1400 g/mol. The highest BCUT2D eigenvalue weighted by Crippen LogP contribution is 2.32. The fourth-order valence-electron chi connectivity index (χ4n) is 9.58. The minimum atomic E-state index is -0.887. The van der Waals surface area contributed by atoms with Crippen LogP contribution in [0.15, 0.2) is 168 Å². The molecule has 0 saturated heterocycles. The second kappa shape index (κ2) is 37.4. The summed E-state index contributed by atoms with van der Waals surface area (Å²) < 4.78 is 123. The molecule has 0 fully saturated rings. The maximum absolute atomic E-state index is 14.0. The van der Waals surface area contributed by atoms with Crippen molar-refractivity contribution in [1.29, 1.82) is 0 Å². The van der Waals surface area contributed by atoms with Crippen molar-refractivity contribution in [3.05, 3.63) is 239 Å². The van der Waals surface area contributed by atoms with Crippen LogP contribution in [-0.2, 0) is 7.05 Å². The van der Waals surface area contributed by atoms with E-state index in [0.717, 1.165) is 34.6 Å². The van der Waals surface area contributed by atoms with Crippen molar-refractivity contribution in [1.82, 2.24) is 65.1 Å². The molecule has 0 aliphatic carbocycles. The van der Waals surface area contributed by atoms with Crippen molar-refractivity contribution < 1.29 is 44.0 Å². The van der Waals surface area contributed by atoms with Crippen LogP contribution in [0, 0.1) is 46.5 Å². The molecule has 6 aromatic heterocycles. The van der Waals surface area contributed by atoms with Gasteiger partial charge in [0.15, 0.2) is 34.9 Å². The van der Waals surface area contributed by atoms with Gasteiger partial charge in [-0.25, -0.2) is 70.0 Å². The molecule has 0 atom stereocenters. The predicted molar refractivity (Wildman–Crippen MR) is 381 cm³/mol. The quantitative estimate of drug-likeness (QED) is 0.0862. The maximum Gasteiger partial charge on any atom is 0.315 e. The van der Waals surface area contributed by atoms with Crippen LogP contribution >= 0.6 is 0 Å². The van der Waals surface area contributed by atoms with Gasteiger partial charge in [-0.2, -0.15) is 5.10 Å². The Labute approximate surface area is 588 Å². The highest BCUT2D eigenvalue weighted by molar-refractivity contribution is 5.60. The van der Waals surface area contributed by atoms with Gasteiger partial charge in [0.05, 0.1) is 27.8 Å². The first-order valence-corrected chi connectivity index (χ1v) is 33.2.